The molecule has 0 radical (unpaired) electrons. The van der Waals surface area contributed by atoms with Crippen molar-refractivity contribution in [1.29, 1.82) is 0 Å². The monoisotopic (exact) mass is 240 g/mol. The number of carboxylic acids is 1. The van der Waals surface area contributed by atoms with Gasteiger partial charge in [-0.15, -0.1) is 0 Å². The van der Waals surface area contributed by atoms with Crippen LogP contribution in [0.2, 0.25) is 0 Å². The molecule has 1 saturated heterocycles. The lowest BCUT2D eigenvalue weighted by molar-refractivity contribution is -0.144. The summed E-state index contributed by atoms with van der Waals surface area (Å²) in [5.41, 5.74) is -0.716. The van der Waals surface area contributed by atoms with Gasteiger partial charge >= 0.3 is 5.97 Å². The summed E-state index contributed by atoms with van der Waals surface area (Å²) in [7, 11) is 0. The third kappa shape index (κ3) is 2.63. The SMILES string of the molecule is CC(C)CNC1(C(=O)O)CC(C)N(C2CC2)C1. The van der Waals surface area contributed by atoms with Crippen LogP contribution in [0.3, 0.4) is 0 Å². The zero-order chi connectivity index (χ0) is 12.6. The van der Waals surface area contributed by atoms with Crippen LogP contribution in [0.5, 0.6) is 0 Å². The average molecular weight is 240 g/mol. The van der Waals surface area contributed by atoms with Crippen LogP contribution in [0.25, 0.3) is 0 Å². The van der Waals surface area contributed by atoms with Gasteiger partial charge in [0.25, 0.3) is 0 Å². The first kappa shape index (κ1) is 12.8. The van der Waals surface area contributed by atoms with E-state index in [4.69, 9.17) is 0 Å². The normalized spacial score (nSPS) is 34.5. The molecule has 4 heteroatoms. The summed E-state index contributed by atoms with van der Waals surface area (Å²) in [5, 5.41) is 12.8. The second kappa shape index (κ2) is 4.58. The summed E-state index contributed by atoms with van der Waals surface area (Å²) in [5.74, 6) is -0.204. The van der Waals surface area contributed by atoms with Crippen LogP contribution >= 0.6 is 0 Å². The van der Waals surface area contributed by atoms with Crippen molar-refractivity contribution in [3.05, 3.63) is 0 Å². The number of rotatable bonds is 5. The Kier molecular flexibility index (Phi) is 3.46. The fourth-order valence-electron chi connectivity index (χ4n) is 2.81. The van der Waals surface area contributed by atoms with Crippen LogP contribution in [0.15, 0.2) is 0 Å². The van der Waals surface area contributed by atoms with Crippen molar-refractivity contribution >= 4 is 5.97 Å². The maximum Gasteiger partial charge on any atom is 0.325 e. The second-order valence-electron chi connectivity index (χ2n) is 6.12. The molecular weight excluding hydrogens is 216 g/mol. The van der Waals surface area contributed by atoms with Crippen molar-refractivity contribution in [3.8, 4) is 0 Å². The minimum absolute atomic E-state index is 0.387. The van der Waals surface area contributed by atoms with Crippen LogP contribution in [-0.4, -0.2) is 46.7 Å². The molecule has 0 spiro atoms. The third-order valence-corrected chi connectivity index (χ3v) is 3.94. The highest BCUT2D eigenvalue weighted by Gasteiger charge is 2.51. The summed E-state index contributed by atoms with van der Waals surface area (Å²) < 4.78 is 0. The zero-order valence-corrected chi connectivity index (χ0v) is 11.1. The van der Waals surface area contributed by atoms with Crippen LogP contribution in [0.4, 0.5) is 0 Å². The molecule has 0 aromatic rings. The highest BCUT2D eigenvalue weighted by atomic mass is 16.4. The van der Waals surface area contributed by atoms with Crippen molar-refractivity contribution in [2.45, 2.75) is 57.7 Å². The van der Waals surface area contributed by atoms with Crippen LogP contribution in [0, 0.1) is 5.92 Å². The summed E-state index contributed by atoms with van der Waals surface area (Å²) in [6.45, 7) is 7.82. The molecule has 2 rings (SSSR count). The fourth-order valence-corrected chi connectivity index (χ4v) is 2.81. The summed E-state index contributed by atoms with van der Waals surface area (Å²) in [6, 6.07) is 1.03. The van der Waals surface area contributed by atoms with Gasteiger partial charge < -0.3 is 10.4 Å². The van der Waals surface area contributed by atoms with E-state index >= 15 is 0 Å². The van der Waals surface area contributed by atoms with Crippen molar-refractivity contribution in [2.75, 3.05) is 13.1 Å². The van der Waals surface area contributed by atoms with E-state index in [0.29, 0.717) is 24.5 Å². The lowest BCUT2D eigenvalue weighted by Crippen LogP contribution is -2.55. The highest BCUT2D eigenvalue weighted by molar-refractivity contribution is 5.80. The molecule has 2 fully saturated rings. The smallest absolute Gasteiger partial charge is 0.325 e. The lowest BCUT2D eigenvalue weighted by Gasteiger charge is -2.27. The Morgan fingerprint density at radius 3 is 2.65 bits per heavy atom. The van der Waals surface area contributed by atoms with Gasteiger partial charge in [-0.25, -0.2) is 0 Å². The first-order valence-electron chi connectivity index (χ1n) is 6.69. The topological polar surface area (TPSA) is 52.6 Å². The molecule has 2 atom stereocenters. The number of carboxylic acid groups (broad SMARTS) is 1. The molecule has 0 amide bonds. The van der Waals surface area contributed by atoms with Gasteiger partial charge in [0.2, 0.25) is 0 Å². The standard InChI is InChI=1S/C13H24N2O2/c1-9(2)7-14-13(12(16)17)6-10(3)15(8-13)11-4-5-11/h9-11,14H,4-8H2,1-3H3,(H,16,17). The summed E-state index contributed by atoms with van der Waals surface area (Å²) >= 11 is 0. The van der Waals surface area contributed by atoms with Gasteiger partial charge in [0.15, 0.2) is 0 Å². The Bertz CT molecular complexity index is 302. The van der Waals surface area contributed by atoms with E-state index in [1.165, 1.54) is 12.8 Å². The molecule has 1 heterocycles. The van der Waals surface area contributed by atoms with Gasteiger partial charge in [0.1, 0.15) is 5.54 Å². The van der Waals surface area contributed by atoms with E-state index in [2.05, 4.69) is 31.0 Å². The van der Waals surface area contributed by atoms with Gasteiger partial charge in [-0.2, -0.15) is 0 Å². The van der Waals surface area contributed by atoms with E-state index in [0.717, 1.165) is 13.0 Å². The van der Waals surface area contributed by atoms with Gasteiger partial charge in [0, 0.05) is 18.6 Å². The first-order valence-corrected chi connectivity index (χ1v) is 6.69. The number of hydrogen-bond donors (Lipinski definition) is 2. The molecule has 4 nitrogen and oxygen atoms in total. The van der Waals surface area contributed by atoms with E-state index < -0.39 is 11.5 Å². The van der Waals surface area contributed by atoms with Crippen molar-refractivity contribution in [2.24, 2.45) is 5.92 Å². The molecule has 0 aromatic carbocycles. The molecule has 1 aliphatic carbocycles. The number of likely N-dealkylation sites (tertiary alicyclic amines) is 1. The minimum atomic E-state index is -0.716. The quantitative estimate of drug-likeness (QED) is 0.761. The van der Waals surface area contributed by atoms with E-state index in [1.54, 1.807) is 0 Å². The summed E-state index contributed by atoms with van der Waals surface area (Å²) in [4.78, 5) is 14.0. The van der Waals surface area contributed by atoms with Gasteiger partial charge in [-0.05, 0) is 38.6 Å². The first-order chi connectivity index (χ1) is 7.94. The molecule has 0 aromatic heterocycles. The Labute approximate surface area is 103 Å². The van der Waals surface area contributed by atoms with Crippen molar-refractivity contribution < 1.29 is 9.90 Å². The predicted octanol–water partition coefficient (Wildman–Crippen LogP) is 1.31. The van der Waals surface area contributed by atoms with Crippen molar-refractivity contribution in [1.82, 2.24) is 10.2 Å². The highest BCUT2D eigenvalue weighted by Crippen LogP contribution is 2.37. The summed E-state index contributed by atoms with van der Waals surface area (Å²) in [6.07, 6.45) is 3.21. The number of nitrogens with one attached hydrogen (secondary N) is 1. The lowest BCUT2D eigenvalue weighted by atomic mass is 9.95. The van der Waals surface area contributed by atoms with E-state index in [-0.39, 0.29) is 0 Å². The molecular formula is C13H24N2O2. The van der Waals surface area contributed by atoms with E-state index in [1.807, 2.05) is 0 Å². The second-order valence-corrected chi connectivity index (χ2v) is 6.12. The Morgan fingerprint density at radius 1 is 1.53 bits per heavy atom. The molecule has 1 saturated carbocycles. The van der Waals surface area contributed by atoms with Crippen LogP contribution in [-0.2, 0) is 4.79 Å². The molecule has 2 aliphatic rings. The zero-order valence-electron chi connectivity index (χ0n) is 11.1. The molecule has 0 bridgehead atoms. The van der Waals surface area contributed by atoms with Crippen LogP contribution in [0.1, 0.15) is 40.0 Å². The van der Waals surface area contributed by atoms with Gasteiger partial charge in [0.05, 0.1) is 0 Å². The largest absolute Gasteiger partial charge is 0.480 e. The minimum Gasteiger partial charge on any atom is -0.480 e. The maximum atomic E-state index is 11.6. The molecule has 2 unspecified atom stereocenters. The maximum absolute atomic E-state index is 11.6. The molecule has 2 N–H and O–H groups in total. The van der Waals surface area contributed by atoms with Gasteiger partial charge in [-0.1, -0.05) is 13.8 Å². The number of nitrogens with zero attached hydrogens (tertiary/aromatic N) is 1. The number of hydrogen-bond acceptors (Lipinski definition) is 3. The predicted molar refractivity (Wildman–Crippen MR) is 67.0 cm³/mol. The average Bonchev–Trinajstić information content (AvgIpc) is 3.01. The third-order valence-electron chi connectivity index (χ3n) is 3.94. The Balaban J connectivity index is 2.05. The molecule has 17 heavy (non-hydrogen) atoms. The van der Waals surface area contributed by atoms with Crippen LogP contribution < -0.4 is 5.32 Å². The Morgan fingerprint density at radius 2 is 2.18 bits per heavy atom. The fraction of sp³-hybridized carbons (Fsp3) is 0.923. The molecule has 1 aliphatic heterocycles. The molecule has 98 valence electrons. The number of carbonyl (C=O) groups is 1. The van der Waals surface area contributed by atoms with Gasteiger partial charge in [-0.3, -0.25) is 9.69 Å². The van der Waals surface area contributed by atoms with E-state index in [9.17, 15) is 9.90 Å². The Hall–Kier alpha value is -0.610. The van der Waals surface area contributed by atoms with Crippen molar-refractivity contribution in [3.63, 3.8) is 0 Å². The number of aliphatic carboxylic acids is 1.